The van der Waals surface area contributed by atoms with Gasteiger partial charge < -0.3 is 25.0 Å². The highest BCUT2D eigenvalue weighted by Gasteiger charge is 2.25. The zero-order valence-corrected chi connectivity index (χ0v) is 17.6. The Morgan fingerprint density at radius 1 is 1.31 bits per heavy atom. The Hall–Kier alpha value is -1.71. The van der Waals surface area contributed by atoms with E-state index in [4.69, 9.17) is 9.47 Å². The zero-order chi connectivity index (χ0) is 17.6. The predicted molar refractivity (Wildman–Crippen MR) is 111 cm³/mol. The Bertz CT molecular complexity index is 653. The lowest BCUT2D eigenvalue weighted by Crippen LogP contribution is -2.45. The number of ether oxygens (including phenoxy) is 2. The molecule has 2 aliphatic rings. The molecule has 1 unspecified atom stereocenters. The highest BCUT2D eigenvalue weighted by molar-refractivity contribution is 14.0. The molecule has 2 N–H and O–H groups in total. The molecular formula is C18H27IN4O3. The van der Waals surface area contributed by atoms with Crippen LogP contribution in [0.15, 0.2) is 23.2 Å². The van der Waals surface area contributed by atoms with Crippen LogP contribution in [0.2, 0.25) is 0 Å². The van der Waals surface area contributed by atoms with E-state index in [9.17, 15) is 4.79 Å². The number of halogens is 1. The van der Waals surface area contributed by atoms with Crippen molar-refractivity contribution in [2.75, 3.05) is 26.4 Å². The van der Waals surface area contributed by atoms with Crippen molar-refractivity contribution in [1.82, 2.24) is 15.5 Å². The van der Waals surface area contributed by atoms with Gasteiger partial charge in [-0.3, -0.25) is 4.79 Å². The number of fused-ring (bicyclic) bond motifs is 1. The Labute approximate surface area is 171 Å². The maximum Gasteiger partial charge on any atom is 0.231 e. The molecule has 0 radical (unpaired) electrons. The molecular weight excluding hydrogens is 447 g/mol. The fourth-order valence-electron chi connectivity index (χ4n) is 3.05. The number of hydrogen-bond acceptors (Lipinski definition) is 4. The molecule has 1 aromatic rings. The Balaban J connectivity index is 0.00000243. The number of carbonyl (C=O) groups is 1. The third kappa shape index (κ3) is 5.15. The summed E-state index contributed by atoms with van der Waals surface area (Å²) in [4.78, 5) is 18.4. The van der Waals surface area contributed by atoms with Crippen LogP contribution in [0.1, 0.15) is 32.3 Å². The van der Waals surface area contributed by atoms with Crippen LogP contribution in [0, 0.1) is 0 Å². The number of amides is 1. The van der Waals surface area contributed by atoms with Crippen molar-refractivity contribution in [3.8, 4) is 11.5 Å². The topological polar surface area (TPSA) is 75.2 Å². The number of hydrogen-bond donors (Lipinski definition) is 2. The summed E-state index contributed by atoms with van der Waals surface area (Å²) in [6.45, 7) is 7.11. The van der Waals surface area contributed by atoms with Gasteiger partial charge in [0.05, 0.1) is 6.54 Å². The first-order valence-corrected chi connectivity index (χ1v) is 8.90. The molecule has 0 aliphatic carbocycles. The largest absolute Gasteiger partial charge is 0.454 e. The van der Waals surface area contributed by atoms with E-state index in [1.807, 2.05) is 36.9 Å². The van der Waals surface area contributed by atoms with Crippen molar-refractivity contribution in [2.24, 2.45) is 4.99 Å². The number of aliphatic imine (C=N–C) groups is 1. The molecule has 0 bridgehead atoms. The molecule has 0 aromatic heterocycles. The maximum absolute atomic E-state index is 11.8. The predicted octanol–water partition coefficient (Wildman–Crippen LogP) is 2.10. The third-order valence-electron chi connectivity index (χ3n) is 4.39. The average Bonchev–Trinajstić information content (AvgIpc) is 3.28. The molecule has 1 amide bonds. The molecule has 0 spiro atoms. The summed E-state index contributed by atoms with van der Waals surface area (Å²) >= 11 is 0. The van der Waals surface area contributed by atoms with Gasteiger partial charge >= 0.3 is 0 Å². The van der Waals surface area contributed by atoms with E-state index in [-0.39, 0.29) is 42.7 Å². The van der Waals surface area contributed by atoms with E-state index in [0.717, 1.165) is 49.1 Å². The number of benzene rings is 1. The van der Waals surface area contributed by atoms with Crippen LogP contribution in [-0.2, 0) is 11.3 Å². The van der Waals surface area contributed by atoms with Crippen LogP contribution in [0.4, 0.5) is 0 Å². The second-order valence-electron chi connectivity index (χ2n) is 6.21. The zero-order valence-electron chi connectivity index (χ0n) is 15.3. The first-order chi connectivity index (χ1) is 12.2. The standard InChI is InChI=1S/C18H26N4O3.HI/c1-3-17(23)22-8-7-14(11-22)21-18(19-4-2)20-10-13-5-6-15-16(9-13)25-12-24-15;/h5-6,9,14H,3-4,7-8,10-12H2,1-2H3,(H2,19,20,21);1H. The first kappa shape index (κ1) is 20.6. The normalized spacial score (nSPS) is 18.5. The van der Waals surface area contributed by atoms with Crippen molar-refractivity contribution in [1.29, 1.82) is 0 Å². The Kier molecular flexibility index (Phi) is 7.80. The summed E-state index contributed by atoms with van der Waals surface area (Å²) in [6.07, 6.45) is 1.51. The van der Waals surface area contributed by atoms with Gasteiger partial charge in [-0.15, -0.1) is 24.0 Å². The van der Waals surface area contributed by atoms with E-state index in [0.29, 0.717) is 13.0 Å². The quantitative estimate of drug-likeness (QED) is 0.389. The van der Waals surface area contributed by atoms with Gasteiger partial charge in [-0.2, -0.15) is 0 Å². The second kappa shape index (κ2) is 9.84. The molecule has 0 saturated carbocycles. The second-order valence-corrected chi connectivity index (χ2v) is 6.21. The van der Waals surface area contributed by atoms with Crippen LogP contribution in [0.25, 0.3) is 0 Å². The molecule has 1 aromatic carbocycles. The Morgan fingerprint density at radius 2 is 2.12 bits per heavy atom. The fourth-order valence-corrected chi connectivity index (χ4v) is 3.05. The monoisotopic (exact) mass is 474 g/mol. The fraction of sp³-hybridized carbons (Fsp3) is 0.556. The third-order valence-corrected chi connectivity index (χ3v) is 4.39. The number of rotatable bonds is 5. The van der Waals surface area contributed by atoms with E-state index < -0.39 is 0 Å². The summed E-state index contributed by atoms with van der Waals surface area (Å²) < 4.78 is 10.7. The van der Waals surface area contributed by atoms with Crippen molar-refractivity contribution in [3.05, 3.63) is 23.8 Å². The van der Waals surface area contributed by atoms with Gasteiger partial charge in [0.25, 0.3) is 0 Å². The van der Waals surface area contributed by atoms with Crippen LogP contribution < -0.4 is 20.1 Å². The lowest BCUT2D eigenvalue weighted by molar-refractivity contribution is -0.129. The van der Waals surface area contributed by atoms with Crippen LogP contribution in [0.5, 0.6) is 11.5 Å². The molecule has 2 aliphatic heterocycles. The van der Waals surface area contributed by atoms with Gasteiger partial charge in [-0.05, 0) is 31.0 Å². The minimum Gasteiger partial charge on any atom is -0.454 e. The summed E-state index contributed by atoms with van der Waals surface area (Å²) in [7, 11) is 0. The highest BCUT2D eigenvalue weighted by atomic mass is 127. The number of likely N-dealkylation sites (tertiary alicyclic amines) is 1. The van der Waals surface area contributed by atoms with Gasteiger partial charge in [-0.25, -0.2) is 4.99 Å². The van der Waals surface area contributed by atoms with Crippen molar-refractivity contribution in [2.45, 2.75) is 39.3 Å². The minimum atomic E-state index is 0. The van der Waals surface area contributed by atoms with E-state index in [1.165, 1.54) is 0 Å². The number of guanidine groups is 1. The van der Waals surface area contributed by atoms with Crippen molar-refractivity contribution < 1.29 is 14.3 Å². The SMILES string of the molecule is CCNC(=NCc1ccc2c(c1)OCO2)NC1CCN(C(=O)CC)C1.I. The highest BCUT2D eigenvalue weighted by Crippen LogP contribution is 2.32. The summed E-state index contributed by atoms with van der Waals surface area (Å²) in [5.74, 6) is 2.54. The molecule has 1 fully saturated rings. The minimum absolute atomic E-state index is 0. The summed E-state index contributed by atoms with van der Waals surface area (Å²) in [5, 5.41) is 6.71. The van der Waals surface area contributed by atoms with Gasteiger partial charge in [0.15, 0.2) is 17.5 Å². The molecule has 1 atom stereocenters. The van der Waals surface area contributed by atoms with Crippen molar-refractivity contribution >= 4 is 35.8 Å². The summed E-state index contributed by atoms with van der Waals surface area (Å²) in [5.41, 5.74) is 1.07. The average molecular weight is 474 g/mol. The van der Waals surface area contributed by atoms with E-state index in [1.54, 1.807) is 0 Å². The maximum atomic E-state index is 11.8. The van der Waals surface area contributed by atoms with Crippen molar-refractivity contribution in [3.63, 3.8) is 0 Å². The van der Waals surface area contributed by atoms with E-state index in [2.05, 4.69) is 15.6 Å². The van der Waals surface area contributed by atoms with Gasteiger partial charge in [0.1, 0.15) is 0 Å². The number of carbonyl (C=O) groups excluding carboxylic acids is 1. The Morgan fingerprint density at radius 3 is 2.88 bits per heavy atom. The number of nitrogens with zero attached hydrogens (tertiary/aromatic N) is 2. The summed E-state index contributed by atoms with van der Waals surface area (Å²) in [6, 6.07) is 6.12. The first-order valence-electron chi connectivity index (χ1n) is 8.90. The molecule has 8 heteroatoms. The molecule has 26 heavy (non-hydrogen) atoms. The number of nitrogens with one attached hydrogen (secondary N) is 2. The smallest absolute Gasteiger partial charge is 0.231 e. The van der Waals surface area contributed by atoms with Crippen LogP contribution in [-0.4, -0.2) is 49.2 Å². The lowest BCUT2D eigenvalue weighted by atomic mass is 10.2. The van der Waals surface area contributed by atoms with Crippen LogP contribution in [0.3, 0.4) is 0 Å². The molecule has 3 rings (SSSR count). The molecule has 7 nitrogen and oxygen atoms in total. The van der Waals surface area contributed by atoms with Gasteiger partial charge in [0, 0.05) is 32.1 Å². The van der Waals surface area contributed by atoms with E-state index >= 15 is 0 Å². The lowest BCUT2D eigenvalue weighted by Gasteiger charge is -2.18. The molecule has 144 valence electrons. The van der Waals surface area contributed by atoms with Gasteiger partial charge in [0.2, 0.25) is 12.7 Å². The molecule has 1 saturated heterocycles. The van der Waals surface area contributed by atoms with Crippen LogP contribution >= 0.6 is 24.0 Å². The van der Waals surface area contributed by atoms with Gasteiger partial charge in [-0.1, -0.05) is 13.0 Å². The molecule has 2 heterocycles.